The van der Waals surface area contributed by atoms with E-state index in [0.29, 0.717) is 0 Å². The zero-order valence-corrected chi connectivity index (χ0v) is 9.96. The van der Waals surface area contributed by atoms with Gasteiger partial charge in [0.1, 0.15) is 6.04 Å². The van der Waals surface area contributed by atoms with Crippen LogP contribution in [0.5, 0.6) is 0 Å². The van der Waals surface area contributed by atoms with Crippen molar-refractivity contribution in [1.29, 1.82) is 0 Å². The van der Waals surface area contributed by atoms with E-state index in [0.717, 1.165) is 31.4 Å². The number of carboxylic acid groups (broad SMARTS) is 1. The average Bonchev–Trinajstić information content (AvgIpc) is 3.10. The molecule has 1 heterocycles. The monoisotopic (exact) mass is 243 g/mol. The number of aliphatic carboxylic acids is 1. The second kappa shape index (κ2) is 5.08. The summed E-state index contributed by atoms with van der Waals surface area (Å²) in [5.41, 5.74) is 0. The van der Waals surface area contributed by atoms with Crippen LogP contribution in [0.4, 0.5) is 0 Å². The topological polar surface area (TPSA) is 66.4 Å². The molecule has 0 aromatic heterocycles. The summed E-state index contributed by atoms with van der Waals surface area (Å²) in [4.78, 5) is 22.8. The van der Waals surface area contributed by atoms with Gasteiger partial charge in [-0.2, -0.15) is 0 Å². The minimum atomic E-state index is -0.892. The minimum absolute atomic E-state index is 0.0330. The molecule has 1 saturated heterocycles. The van der Waals surface area contributed by atoms with Gasteiger partial charge in [-0.3, -0.25) is 4.79 Å². The van der Waals surface area contributed by atoms with Crippen LogP contribution in [0.15, 0.2) is 0 Å². The fourth-order valence-electron chi connectivity index (χ4n) is 2.00. The number of carbonyl (C=O) groups is 2. The van der Waals surface area contributed by atoms with Crippen molar-refractivity contribution in [2.24, 2.45) is 5.92 Å². The zero-order chi connectivity index (χ0) is 11.5. The van der Waals surface area contributed by atoms with Gasteiger partial charge in [-0.25, -0.2) is 4.79 Å². The van der Waals surface area contributed by atoms with Crippen LogP contribution < -0.4 is 5.32 Å². The number of nitrogens with one attached hydrogen (secondary N) is 1. The third kappa shape index (κ3) is 2.90. The molecule has 5 heteroatoms. The second-order valence-corrected chi connectivity index (χ2v) is 5.83. The van der Waals surface area contributed by atoms with Crippen LogP contribution in [0, 0.1) is 5.92 Å². The maximum absolute atomic E-state index is 11.8. The van der Waals surface area contributed by atoms with E-state index in [2.05, 4.69) is 5.32 Å². The van der Waals surface area contributed by atoms with Crippen LogP contribution in [0.1, 0.15) is 32.1 Å². The van der Waals surface area contributed by atoms with E-state index in [1.807, 2.05) is 0 Å². The molecule has 1 aliphatic carbocycles. The van der Waals surface area contributed by atoms with Crippen LogP contribution in [0.25, 0.3) is 0 Å². The normalized spacial score (nSPS) is 27.1. The number of hydrogen-bond donors (Lipinski definition) is 2. The van der Waals surface area contributed by atoms with E-state index in [-0.39, 0.29) is 17.1 Å². The SMILES string of the molecule is O=C(NC(C(=O)O)C1CC1)C1CCCCS1. The Morgan fingerprint density at radius 2 is 2.00 bits per heavy atom. The van der Waals surface area contributed by atoms with Crippen molar-refractivity contribution in [2.45, 2.75) is 43.4 Å². The van der Waals surface area contributed by atoms with Gasteiger partial charge >= 0.3 is 5.97 Å². The lowest BCUT2D eigenvalue weighted by atomic mass is 10.1. The number of carbonyl (C=O) groups excluding carboxylic acids is 1. The summed E-state index contributed by atoms with van der Waals surface area (Å²) in [6, 6.07) is -0.657. The van der Waals surface area contributed by atoms with E-state index in [1.165, 1.54) is 6.42 Å². The Morgan fingerprint density at radius 3 is 2.50 bits per heavy atom. The van der Waals surface area contributed by atoms with Crippen molar-refractivity contribution in [3.8, 4) is 0 Å². The molecule has 2 fully saturated rings. The summed E-state index contributed by atoms with van der Waals surface area (Å²) in [6.45, 7) is 0. The van der Waals surface area contributed by atoms with Crippen LogP contribution >= 0.6 is 11.8 Å². The van der Waals surface area contributed by atoms with E-state index in [4.69, 9.17) is 5.11 Å². The lowest BCUT2D eigenvalue weighted by Gasteiger charge is -2.22. The maximum atomic E-state index is 11.8. The largest absolute Gasteiger partial charge is 0.480 e. The van der Waals surface area contributed by atoms with Crippen LogP contribution in [-0.2, 0) is 9.59 Å². The Morgan fingerprint density at radius 1 is 1.25 bits per heavy atom. The van der Waals surface area contributed by atoms with Crippen LogP contribution in [0.3, 0.4) is 0 Å². The smallest absolute Gasteiger partial charge is 0.326 e. The Labute approximate surface area is 99.2 Å². The highest BCUT2D eigenvalue weighted by atomic mass is 32.2. The molecular formula is C11H17NO3S. The first-order chi connectivity index (χ1) is 7.68. The number of carboxylic acids is 1. The fraction of sp³-hybridized carbons (Fsp3) is 0.818. The van der Waals surface area contributed by atoms with E-state index in [9.17, 15) is 9.59 Å². The second-order valence-electron chi connectivity index (χ2n) is 4.52. The van der Waals surface area contributed by atoms with Crippen molar-refractivity contribution in [3.05, 3.63) is 0 Å². The van der Waals surface area contributed by atoms with Crippen molar-refractivity contribution < 1.29 is 14.7 Å². The standard InChI is InChI=1S/C11H17NO3S/c13-10(8-3-1-2-6-16-8)12-9(11(14)15)7-4-5-7/h7-9H,1-6H2,(H,12,13)(H,14,15). The van der Waals surface area contributed by atoms with Crippen LogP contribution in [0.2, 0.25) is 0 Å². The van der Waals surface area contributed by atoms with Gasteiger partial charge in [0.2, 0.25) is 5.91 Å². The molecule has 16 heavy (non-hydrogen) atoms. The molecule has 1 saturated carbocycles. The predicted molar refractivity (Wildman–Crippen MR) is 62.4 cm³/mol. The first-order valence-electron chi connectivity index (χ1n) is 5.83. The Bertz CT molecular complexity index is 285. The molecule has 0 bridgehead atoms. The van der Waals surface area contributed by atoms with Crippen molar-refractivity contribution in [2.75, 3.05) is 5.75 Å². The van der Waals surface area contributed by atoms with E-state index >= 15 is 0 Å². The number of amides is 1. The fourth-order valence-corrected chi connectivity index (χ4v) is 3.21. The summed E-state index contributed by atoms with van der Waals surface area (Å²) in [5, 5.41) is 11.7. The van der Waals surface area contributed by atoms with E-state index < -0.39 is 12.0 Å². The lowest BCUT2D eigenvalue weighted by molar-refractivity contribution is -0.142. The molecular weight excluding hydrogens is 226 g/mol. The van der Waals surface area contributed by atoms with Gasteiger partial charge in [0.05, 0.1) is 5.25 Å². The van der Waals surface area contributed by atoms with Crippen molar-refractivity contribution >= 4 is 23.6 Å². The van der Waals surface area contributed by atoms with Gasteiger partial charge in [-0.05, 0) is 37.4 Å². The molecule has 2 N–H and O–H groups in total. The molecule has 2 rings (SSSR count). The Balaban J connectivity index is 1.86. The summed E-state index contributed by atoms with van der Waals surface area (Å²) in [6.07, 6.45) is 4.98. The third-order valence-electron chi connectivity index (χ3n) is 3.13. The van der Waals surface area contributed by atoms with Gasteiger partial charge < -0.3 is 10.4 Å². The molecule has 2 aliphatic rings. The third-order valence-corrected chi connectivity index (χ3v) is 4.51. The van der Waals surface area contributed by atoms with Crippen LogP contribution in [-0.4, -0.2) is 34.0 Å². The Hall–Kier alpha value is -0.710. The molecule has 0 spiro atoms. The number of hydrogen-bond acceptors (Lipinski definition) is 3. The zero-order valence-electron chi connectivity index (χ0n) is 9.15. The first-order valence-corrected chi connectivity index (χ1v) is 6.88. The molecule has 0 radical (unpaired) electrons. The van der Waals surface area contributed by atoms with Gasteiger partial charge in [0, 0.05) is 0 Å². The highest BCUT2D eigenvalue weighted by molar-refractivity contribution is 8.00. The molecule has 2 atom stereocenters. The molecule has 4 nitrogen and oxygen atoms in total. The summed E-state index contributed by atoms with van der Waals surface area (Å²) in [7, 11) is 0. The van der Waals surface area contributed by atoms with Crippen molar-refractivity contribution in [1.82, 2.24) is 5.32 Å². The molecule has 1 amide bonds. The highest BCUT2D eigenvalue weighted by Crippen LogP contribution is 2.33. The predicted octanol–water partition coefficient (Wildman–Crippen LogP) is 1.25. The lowest BCUT2D eigenvalue weighted by Crippen LogP contribution is -2.46. The number of rotatable bonds is 4. The molecule has 0 aromatic carbocycles. The molecule has 0 aromatic rings. The highest BCUT2D eigenvalue weighted by Gasteiger charge is 2.38. The number of thioether (sulfide) groups is 1. The molecule has 90 valence electrons. The summed E-state index contributed by atoms with van der Waals surface area (Å²) in [5.74, 6) is 0.204. The summed E-state index contributed by atoms with van der Waals surface area (Å²) >= 11 is 1.65. The van der Waals surface area contributed by atoms with Gasteiger partial charge in [-0.1, -0.05) is 6.42 Å². The van der Waals surface area contributed by atoms with Gasteiger partial charge in [0.25, 0.3) is 0 Å². The average molecular weight is 243 g/mol. The minimum Gasteiger partial charge on any atom is -0.480 e. The first kappa shape index (κ1) is 11.8. The molecule has 1 aliphatic heterocycles. The Kier molecular flexibility index (Phi) is 3.74. The van der Waals surface area contributed by atoms with Gasteiger partial charge in [0.15, 0.2) is 0 Å². The van der Waals surface area contributed by atoms with E-state index in [1.54, 1.807) is 11.8 Å². The molecule has 2 unspecified atom stereocenters. The van der Waals surface area contributed by atoms with Crippen molar-refractivity contribution in [3.63, 3.8) is 0 Å². The quantitative estimate of drug-likeness (QED) is 0.780. The summed E-state index contributed by atoms with van der Waals surface area (Å²) < 4.78 is 0. The van der Waals surface area contributed by atoms with Gasteiger partial charge in [-0.15, -0.1) is 11.8 Å². The maximum Gasteiger partial charge on any atom is 0.326 e.